The molecule has 5 rings (SSSR count). The molecule has 0 atom stereocenters. The van der Waals surface area contributed by atoms with Gasteiger partial charge < -0.3 is 11.1 Å². The fraction of sp³-hybridized carbons (Fsp3) is 0.520. The van der Waals surface area contributed by atoms with Crippen molar-refractivity contribution in [1.29, 1.82) is 0 Å². The van der Waals surface area contributed by atoms with Crippen LogP contribution >= 0.6 is 0 Å². The van der Waals surface area contributed by atoms with Crippen LogP contribution in [0, 0.1) is 11.3 Å². The number of hydrogen-bond acceptors (Lipinski definition) is 5. The van der Waals surface area contributed by atoms with Crippen molar-refractivity contribution in [1.82, 2.24) is 9.29 Å². The van der Waals surface area contributed by atoms with Crippen molar-refractivity contribution < 1.29 is 26.4 Å². The fourth-order valence-electron chi connectivity index (χ4n) is 5.90. The summed E-state index contributed by atoms with van der Waals surface area (Å²) in [6.45, 7) is 0.628. The van der Waals surface area contributed by atoms with Crippen LogP contribution in [0.3, 0.4) is 0 Å². The first kappa shape index (κ1) is 25.0. The number of pyridine rings is 1. The third-order valence-corrected chi connectivity index (χ3v) is 9.92. The highest BCUT2D eigenvalue weighted by Crippen LogP contribution is 2.63. The van der Waals surface area contributed by atoms with Gasteiger partial charge in [0, 0.05) is 31.2 Å². The van der Waals surface area contributed by atoms with Crippen molar-refractivity contribution in [2.45, 2.75) is 61.6 Å². The maximum Gasteiger partial charge on any atom is 0.417 e. The van der Waals surface area contributed by atoms with Crippen molar-refractivity contribution in [3.8, 4) is 0 Å². The molecule has 1 aromatic carbocycles. The second-order valence-electron chi connectivity index (χ2n) is 10.4. The highest BCUT2D eigenvalue weighted by molar-refractivity contribution is 7.89. The van der Waals surface area contributed by atoms with Crippen molar-refractivity contribution in [3.63, 3.8) is 0 Å². The molecule has 3 fully saturated rings. The molecule has 2 aromatic rings. The van der Waals surface area contributed by atoms with Gasteiger partial charge in [-0.2, -0.15) is 17.5 Å². The van der Waals surface area contributed by atoms with E-state index >= 15 is 0 Å². The van der Waals surface area contributed by atoms with Gasteiger partial charge in [-0.25, -0.2) is 13.4 Å². The average Bonchev–Trinajstić information content (AvgIpc) is 2.77. The molecule has 2 aliphatic carbocycles. The van der Waals surface area contributed by atoms with E-state index in [0.29, 0.717) is 37.7 Å². The van der Waals surface area contributed by atoms with E-state index in [-0.39, 0.29) is 28.2 Å². The van der Waals surface area contributed by atoms with Crippen LogP contribution < -0.4 is 11.1 Å². The Morgan fingerprint density at radius 3 is 2.19 bits per heavy atom. The minimum absolute atomic E-state index is 0.00371. The van der Waals surface area contributed by atoms with Crippen LogP contribution in [0.25, 0.3) is 0 Å². The monoisotopic (exact) mass is 522 g/mol. The molecular weight excluding hydrogens is 493 g/mol. The van der Waals surface area contributed by atoms with Gasteiger partial charge in [0.05, 0.1) is 10.5 Å². The summed E-state index contributed by atoms with van der Waals surface area (Å²) >= 11 is 0. The summed E-state index contributed by atoms with van der Waals surface area (Å²) in [6, 6.07) is 9.30. The van der Waals surface area contributed by atoms with Crippen LogP contribution in [0.15, 0.2) is 47.5 Å². The topological polar surface area (TPSA) is 105 Å². The number of nitrogens with two attached hydrogens (primary N) is 1. The molecule has 1 amide bonds. The van der Waals surface area contributed by atoms with E-state index in [0.717, 1.165) is 43.5 Å². The number of rotatable bonds is 6. The zero-order valence-electron chi connectivity index (χ0n) is 19.7. The van der Waals surface area contributed by atoms with E-state index in [2.05, 4.69) is 10.3 Å². The number of nitrogens with zero attached hydrogens (tertiary/aromatic N) is 2. The minimum Gasteiger partial charge on any atom is -0.369 e. The van der Waals surface area contributed by atoms with Crippen molar-refractivity contribution in [2.75, 3.05) is 18.4 Å². The molecule has 194 valence electrons. The summed E-state index contributed by atoms with van der Waals surface area (Å²) in [5.74, 6) is 0.514. The van der Waals surface area contributed by atoms with Crippen LogP contribution in [0.1, 0.15) is 55.6 Å². The molecule has 0 bridgehead atoms. The lowest BCUT2D eigenvalue weighted by molar-refractivity contribution is -0.138. The molecule has 2 heterocycles. The summed E-state index contributed by atoms with van der Waals surface area (Å²) in [5, 5.41) is 3.10. The number of sulfonamides is 1. The SMILES string of the molecule is NC(=O)C1CC2(C1)CC(c1ccc(S(=O)(=O)N3CCC(Nc4ccc(C(F)(F)F)cn4)CC3)cc1)C2. The Kier molecular flexibility index (Phi) is 6.27. The number of carbonyl (C=O) groups excluding carboxylic acids is 1. The zero-order valence-corrected chi connectivity index (χ0v) is 20.5. The molecule has 1 aromatic heterocycles. The Morgan fingerprint density at radius 2 is 1.67 bits per heavy atom. The van der Waals surface area contributed by atoms with E-state index < -0.39 is 21.8 Å². The normalized spacial score (nSPS) is 27.3. The van der Waals surface area contributed by atoms with Gasteiger partial charge in [-0.05, 0) is 79.7 Å². The molecule has 11 heteroatoms. The Labute approximate surface area is 208 Å². The van der Waals surface area contributed by atoms with Gasteiger partial charge in [0.15, 0.2) is 0 Å². The zero-order chi connectivity index (χ0) is 25.7. The van der Waals surface area contributed by atoms with Gasteiger partial charge in [0.2, 0.25) is 15.9 Å². The predicted octanol–water partition coefficient (Wildman–Crippen LogP) is 4.12. The van der Waals surface area contributed by atoms with Gasteiger partial charge >= 0.3 is 6.18 Å². The molecule has 1 aliphatic heterocycles. The summed E-state index contributed by atoms with van der Waals surface area (Å²) < 4.78 is 65.9. The molecule has 36 heavy (non-hydrogen) atoms. The number of aromatic nitrogens is 1. The Hall–Kier alpha value is -2.66. The summed E-state index contributed by atoms with van der Waals surface area (Å²) in [5.41, 5.74) is 5.93. The van der Waals surface area contributed by atoms with Gasteiger partial charge in [0.1, 0.15) is 5.82 Å². The van der Waals surface area contributed by atoms with Gasteiger partial charge in [0.25, 0.3) is 0 Å². The van der Waals surface area contributed by atoms with E-state index in [1.165, 1.54) is 10.4 Å². The lowest BCUT2D eigenvalue weighted by atomic mass is 9.47. The van der Waals surface area contributed by atoms with Crippen LogP contribution in [-0.2, 0) is 21.0 Å². The predicted molar refractivity (Wildman–Crippen MR) is 127 cm³/mol. The first-order valence-corrected chi connectivity index (χ1v) is 13.6. The number of benzene rings is 1. The number of halogens is 3. The Bertz CT molecular complexity index is 1210. The second kappa shape index (κ2) is 9.02. The quantitative estimate of drug-likeness (QED) is 0.594. The molecule has 1 spiro atoms. The summed E-state index contributed by atoms with van der Waals surface area (Å²) in [4.78, 5) is 15.4. The average molecular weight is 523 g/mol. The highest BCUT2D eigenvalue weighted by Gasteiger charge is 2.54. The molecule has 2 saturated carbocycles. The number of primary amides is 1. The minimum atomic E-state index is -4.43. The summed E-state index contributed by atoms with van der Waals surface area (Å²) in [6.07, 6.45) is 1.16. The molecular formula is C25H29F3N4O3S. The molecule has 3 N–H and O–H groups in total. The van der Waals surface area contributed by atoms with Crippen LogP contribution in [-0.4, -0.2) is 42.7 Å². The van der Waals surface area contributed by atoms with Crippen LogP contribution in [0.2, 0.25) is 0 Å². The van der Waals surface area contributed by atoms with E-state index in [9.17, 15) is 26.4 Å². The number of nitrogens with one attached hydrogen (secondary N) is 1. The molecule has 0 unspecified atom stereocenters. The van der Waals surface area contributed by atoms with Crippen molar-refractivity contribution in [3.05, 3.63) is 53.7 Å². The number of alkyl halides is 3. The van der Waals surface area contributed by atoms with E-state index in [4.69, 9.17) is 5.73 Å². The molecule has 7 nitrogen and oxygen atoms in total. The van der Waals surface area contributed by atoms with Gasteiger partial charge in [-0.15, -0.1) is 0 Å². The number of anilines is 1. The second-order valence-corrected chi connectivity index (χ2v) is 12.4. The van der Waals surface area contributed by atoms with Crippen molar-refractivity contribution >= 4 is 21.7 Å². The Balaban J connectivity index is 1.13. The van der Waals surface area contributed by atoms with Gasteiger partial charge in [-0.1, -0.05) is 12.1 Å². The van der Waals surface area contributed by atoms with Crippen LogP contribution in [0.5, 0.6) is 0 Å². The number of hydrogen-bond donors (Lipinski definition) is 2. The number of carbonyl (C=O) groups is 1. The third-order valence-electron chi connectivity index (χ3n) is 8.01. The maximum atomic E-state index is 13.1. The first-order chi connectivity index (χ1) is 17.0. The van der Waals surface area contributed by atoms with E-state index in [1.807, 2.05) is 12.1 Å². The lowest BCUT2D eigenvalue weighted by Crippen LogP contribution is -2.50. The van der Waals surface area contributed by atoms with Crippen LogP contribution in [0.4, 0.5) is 19.0 Å². The number of amides is 1. The highest BCUT2D eigenvalue weighted by atomic mass is 32.2. The van der Waals surface area contributed by atoms with Crippen molar-refractivity contribution in [2.24, 2.45) is 17.1 Å². The van der Waals surface area contributed by atoms with E-state index in [1.54, 1.807) is 12.1 Å². The first-order valence-electron chi connectivity index (χ1n) is 12.1. The standard InChI is InChI=1S/C25H29F3N4O3S/c26-25(27,28)19-3-6-22(30-15-19)31-20-7-9-32(10-8-20)36(34,35)21-4-1-16(2-5-21)17-11-24(12-17)13-18(14-24)23(29)33/h1-6,15,17-18,20H,7-14H2,(H2,29,33)(H,30,31). The maximum absolute atomic E-state index is 13.1. The fourth-order valence-corrected chi connectivity index (χ4v) is 7.37. The third kappa shape index (κ3) is 4.82. The molecule has 1 saturated heterocycles. The molecule has 0 radical (unpaired) electrons. The number of piperidine rings is 1. The Morgan fingerprint density at radius 1 is 1.03 bits per heavy atom. The molecule has 3 aliphatic rings. The van der Waals surface area contributed by atoms with Gasteiger partial charge in [-0.3, -0.25) is 4.79 Å². The smallest absolute Gasteiger partial charge is 0.369 e. The largest absolute Gasteiger partial charge is 0.417 e. The lowest BCUT2D eigenvalue weighted by Gasteiger charge is -2.57. The summed E-state index contributed by atoms with van der Waals surface area (Å²) in [7, 11) is -3.63.